The summed E-state index contributed by atoms with van der Waals surface area (Å²) in [5.74, 6) is 0.623. The standard InChI is InChI=1S/C13H18N2OS/c1-9(2)14-6-5-10-3-4-11-12(7-10)17-8-13(16)15-11/h3-4,7,9,14H,5-6,8H2,1-2H3,(H,15,16). The first-order chi connectivity index (χ1) is 8.15. The van der Waals surface area contributed by atoms with Gasteiger partial charge in [0.2, 0.25) is 5.91 Å². The maximum atomic E-state index is 11.2. The van der Waals surface area contributed by atoms with E-state index in [9.17, 15) is 4.79 Å². The van der Waals surface area contributed by atoms with Gasteiger partial charge in [0, 0.05) is 10.9 Å². The van der Waals surface area contributed by atoms with E-state index in [-0.39, 0.29) is 5.91 Å². The summed E-state index contributed by atoms with van der Waals surface area (Å²) in [7, 11) is 0. The molecule has 0 saturated heterocycles. The second kappa shape index (κ2) is 5.56. The third-order valence-electron chi connectivity index (χ3n) is 2.65. The molecule has 1 amide bonds. The van der Waals surface area contributed by atoms with Crippen molar-refractivity contribution in [3.63, 3.8) is 0 Å². The molecule has 0 aromatic heterocycles. The number of carbonyl (C=O) groups excluding carboxylic acids is 1. The van der Waals surface area contributed by atoms with E-state index >= 15 is 0 Å². The number of rotatable bonds is 4. The highest BCUT2D eigenvalue weighted by atomic mass is 32.2. The Labute approximate surface area is 106 Å². The summed E-state index contributed by atoms with van der Waals surface area (Å²) < 4.78 is 0. The molecule has 2 N–H and O–H groups in total. The van der Waals surface area contributed by atoms with Gasteiger partial charge in [-0.05, 0) is 30.7 Å². The fourth-order valence-corrected chi connectivity index (χ4v) is 2.65. The molecule has 0 unspecified atom stereocenters. The molecular weight excluding hydrogens is 232 g/mol. The first-order valence-electron chi connectivity index (χ1n) is 5.94. The van der Waals surface area contributed by atoms with Crippen LogP contribution in [-0.4, -0.2) is 24.2 Å². The van der Waals surface area contributed by atoms with Crippen LogP contribution in [0.3, 0.4) is 0 Å². The summed E-state index contributed by atoms with van der Waals surface area (Å²) in [5.41, 5.74) is 2.27. The average Bonchev–Trinajstić information content (AvgIpc) is 2.29. The zero-order valence-corrected chi connectivity index (χ0v) is 11.1. The van der Waals surface area contributed by atoms with Crippen molar-refractivity contribution in [2.75, 3.05) is 17.6 Å². The maximum absolute atomic E-state index is 11.2. The molecule has 92 valence electrons. The van der Waals surface area contributed by atoms with Crippen molar-refractivity contribution in [1.82, 2.24) is 5.32 Å². The van der Waals surface area contributed by atoms with Crippen molar-refractivity contribution in [1.29, 1.82) is 0 Å². The van der Waals surface area contributed by atoms with Crippen LogP contribution in [0.25, 0.3) is 0 Å². The number of hydrogen-bond acceptors (Lipinski definition) is 3. The number of amides is 1. The molecule has 0 fully saturated rings. The quantitative estimate of drug-likeness (QED) is 0.861. The van der Waals surface area contributed by atoms with E-state index in [0.717, 1.165) is 18.7 Å². The van der Waals surface area contributed by atoms with Crippen LogP contribution in [0.1, 0.15) is 19.4 Å². The van der Waals surface area contributed by atoms with Gasteiger partial charge >= 0.3 is 0 Å². The van der Waals surface area contributed by atoms with Crippen molar-refractivity contribution in [3.8, 4) is 0 Å². The first-order valence-corrected chi connectivity index (χ1v) is 6.92. The predicted octanol–water partition coefficient (Wildman–Crippen LogP) is 2.27. The summed E-state index contributed by atoms with van der Waals surface area (Å²) in [6, 6.07) is 6.81. The average molecular weight is 250 g/mol. The zero-order valence-electron chi connectivity index (χ0n) is 10.2. The Balaban J connectivity index is 1.99. The second-order valence-electron chi connectivity index (χ2n) is 4.53. The molecule has 0 radical (unpaired) electrons. The van der Waals surface area contributed by atoms with Crippen molar-refractivity contribution in [2.24, 2.45) is 0 Å². The normalized spacial score (nSPS) is 14.6. The van der Waals surface area contributed by atoms with Gasteiger partial charge in [0.15, 0.2) is 0 Å². The Morgan fingerprint density at radius 3 is 3.06 bits per heavy atom. The van der Waals surface area contributed by atoms with E-state index in [1.807, 2.05) is 6.07 Å². The van der Waals surface area contributed by atoms with E-state index < -0.39 is 0 Å². The molecule has 1 aromatic carbocycles. The van der Waals surface area contributed by atoms with Crippen LogP contribution >= 0.6 is 11.8 Å². The van der Waals surface area contributed by atoms with Crippen molar-refractivity contribution in [3.05, 3.63) is 23.8 Å². The van der Waals surface area contributed by atoms with Crippen LogP contribution in [0.5, 0.6) is 0 Å². The van der Waals surface area contributed by atoms with Crippen LogP contribution in [0.2, 0.25) is 0 Å². The lowest BCUT2D eigenvalue weighted by molar-refractivity contribution is -0.113. The van der Waals surface area contributed by atoms with E-state index in [2.05, 4.69) is 36.6 Å². The van der Waals surface area contributed by atoms with E-state index in [1.54, 1.807) is 11.8 Å². The Bertz CT molecular complexity index is 418. The highest BCUT2D eigenvalue weighted by molar-refractivity contribution is 8.00. The van der Waals surface area contributed by atoms with Gasteiger partial charge in [-0.2, -0.15) is 0 Å². The van der Waals surface area contributed by atoms with E-state index in [0.29, 0.717) is 11.8 Å². The summed E-state index contributed by atoms with van der Waals surface area (Å²) >= 11 is 1.62. The number of fused-ring (bicyclic) bond motifs is 1. The van der Waals surface area contributed by atoms with Crippen molar-refractivity contribution in [2.45, 2.75) is 31.2 Å². The van der Waals surface area contributed by atoms with Crippen LogP contribution in [0.15, 0.2) is 23.1 Å². The molecular formula is C13H18N2OS. The summed E-state index contributed by atoms with van der Waals surface area (Å²) in [6.07, 6.45) is 1.03. The van der Waals surface area contributed by atoms with Crippen LogP contribution in [0, 0.1) is 0 Å². The minimum atomic E-state index is 0.0942. The molecule has 1 aliphatic heterocycles. The molecule has 0 atom stereocenters. The third kappa shape index (κ3) is 3.48. The molecule has 0 aliphatic carbocycles. The maximum Gasteiger partial charge on any atom is 0.234 e. The van der Waals surface area contributed by atoms with Crippen LogP contribution < -0.4 is 10.6 Å². The Hall–Kier alpha value is -1.00. The van der Waals surface area contributed by atoms with Gasteiger partial charge in [0.25, 0.3) is 0 Å². The smallest absolute Gasteiger partial charge is 0.234 e. The molecule has 0 bridgehead atoms. The zero-order chi connectivity index (χ0) is 12.3. The first kappa shape index (κ1) is 12.5. The number of hydrogen-bond donors (Lipinski definition) is 2. The number of carbonyl (C=O) groups is 1. The number of anilines is 1. The lowest BCUT2D eigenvalue weighted by Gasteiger charge is -2.17. The summed E-state index contributed by atoms with van der Waals surface area (Å²) in [6.45, 7) is 5.30. The fourth-order valence-electron chi connectivity index (χ4n) is 1.78. The highest BCUT2D eigenvalue weighted by Crippen LogP contribution is 2.32. The molecule has 4 heteroatoms. The molecule has 2 rings (SSSR count). The van der Waals surface area contributed by atoms with Crippen LogP contribution in [0.4, 0.5) is 5.69 Å². The molecule has 1 aliphatic rings. The van der Waals surface area contributed by atoms with Crippen LogP contribution in [-0.2, 0) is 11.2 Å². The van der Waals surface area contributed by atoms with Gasteiger partial charge < -0.3 is 10.6 Å². The molecule has 0 saturated carbocycles. The SMILES string of the molecule is CC(C)NCCc1ccc2c(c1)SCC(=O)N2. The summed E-state index contributed by atoms with van der Waals surface area (Å²) in [5, 5.41) is 6.29. The Morgan fingerprint density at radius 1 is 1.47 bits per heavy atom. The molecule has 17 heavy (non-hydrogen) atoms. The van der Waals surface area contributed by atoms with Gasteiger partial charge in [-0.3, -0.25) is 4.79 Å². The second-order valence-corrected chi connectivity index (χ2v) is 5.54. The molecule has 1 heterocycles. The Kier molecular flexibility index (Phi) is 4.07. The predicted molar refractivity (Wildman–Crippen MR) is 72.6 cm³/mol. The fraction of sp³-hybridized carbons (Fsp3) is 0.462. The van der Waals surface area contributed by atoms with E-state index in [4.69, 9.17) is 0 Å². The largest absolute Gasteiger partial charge is 0.324 e. The third-order valence-corrected chi connectivity index (χ3v) is 3.70. The Morgan fingerprint density at radius 2 is 2.29 bits per heavy atom. The van der Waals surface area contributed by atoms with E-state index in [1.165, 1.54) is 10.5 Å². The minimum absolute atomic E-state index is 0.0942. The molecule has 0 spiro atoms. The topological polar surface area (TPSA) is 41.1 Å². The number of benzene rings is 1. The molecule has 1 aromatic rings. The van der Waals surface area contributed by atoms with Crippen molar-refractivity contribution >= 4 is 23.4 Å². The van der Waals surface area contributed by atoms with Crippen molar-refractivity contribution < 1.29 is 4.79 Å². The van der Waals surface area contributed by atoms with Gasteiger partial charge in [-0.25, -0.2) is 0 Å². The highest BCUT2D eigenvalue weighted by Gasteiger charge is 2.15. The summed E-state index contributed by atoms with van der Waals surface area (Å²) in [4.78, 5) is 12.4. The number of thioether (sulfide) groups is 1. The molecule has 3 nitrogen and oxygen atoms in total. The lowest BCUT2D eigenvalue weighted by Crippen LogP contribution is -2.25. The minimum Gasteiger partial charge on any atom is -0.324 e. The lowest BCUT2D eigenvalue weighted by atomic mass is 10.1. The monoisotopic (exact) mass is 250 g/mol. The van der Waals surface area contributed by atoms with Gasteiger partial charge in [0.05, 0.1) is 11.4 Å². The number of nitrogens with one attached hydrogen (secondary N) is 2. The van der Waals surface area contributed by atoms with Gasteiger partial charge in [-0.1, -0.05) is 19.9 Å². The van der Waals surface area contributed by atoms with Gasteiger partial charge in [-0.15, -0.1) is 11.8 Å². The van der Waals surface area contributed by atoms with Gasteiger partial charge in [0.1, 0.15) is 0 Å².